The number of nitrogen functional groups attached to an aromatic ring is 1. The molecule has 2 rings (SSSR count). The van der Waals surface area contributed by atoms with Gasteiger partial charge in [0, 0.05) is 6.20 Å². The largest absolute Gasteiger partial charge is 0.497 e. The second-order valence-corrected chi connectivity index (χ2v) is 3.75. The van der Waals surface area contributed by atoms with E-state index in [1.54, 1.807) is 25.3 Å². The third-order valence-corrected chi connectivity index (χ3v) is 2.48. The average Bonchev–Trinajstić information content (AvgIpc) is 2.42. The van der Waals surface area contributed by atoms with Crippen molar-refractivity contribution in [3.05, 3.63) is 52.3 Å². The Morgan fingerprint density at radius 1 is 1.37 bits per heavy atom. The Bertz CT molecular complexity index is 663. The summed E-state index contributed by atoms with van der Waals surface area (Å²) in [4.78, 5) is 14.8. The van der Waals surface area contributed by atoms with Gasteiger partial charge in [0.1, 0.15) is 5.75 Å². The molecule has 0 atom stereocenters. The summed E-state index contributed by atoms with van der Waals surface area (Å²) in [5, 5.41) is 0. The van der Waals surface area contributed by atoms with Gasteiger partial charge >= 0.3 is 5.69 Å². The number of anilines is 1. The first kappa shape index (κ1) is 12.8. The van der Waals surface area contributed by atoms with Gasteiger partial charge in [0.25, 0.3) is 0 Å². The number of rotatable bonds is 3. The van der Waals surface area contributed by atoms with Crippen molar-refractivity contribution in [3.8, 4) is 5.75 Å². The number of ether oxygens (including phenoxy) is 1. The highest BCUT2D eigenvalue weighted by Gasteiger charge is 2.02. The third-order valence-electron chi connectivity index (χ3n) is 2.48. The van der Waals surface area contributed by atoms with Crippen molar-refractivity contribution in [3.63, 3.8) is 0 Å². The summed E-state index contributed by atoms with van der Waals surface area (Å²) < 4.78 is 19.2. The number of hydrogen-bond acceptors (Lipinski definition) is 4. The molecule has 0 fully saturated rings. The van der Waals surface area contributed by atoms with Crippen molar-refractivity contribution in [2.75, 3.05) is 12.8 Å². The fraction of sp³-hybridized carbons (Fsp3) is 0.0769. The maximum absolute atomic E-state index is 13.2. The van der Waals surface area contributed by atoms with Crippen molar-refractivity contribution in [2.45, 2.75) is 0 Å². The van der Waals surface area contributed by atoms with Gasteiger partial charge in [-0.1, -0.05) is 12.1 Å². The molecule has 98 valence electrons. The van der Waals surface area contributed by atoms with Crippen LogP contribution in [0.15, 0.2) is 35.3 Å². The van der Waals surface area contributed by atoms with Crippen molar-refractivity contribution >= 4 is 18.1 Å². The lowest BCUT2D eigenvalue weighted by Crippen LogP contribution is -2.20. The number of halogens is 1. The number of hydrogen-bond donors (Lipinski definition) is 1. The molecular weight excluding hydrogens is 249 g/mol. The Morgan fingerprint density at radius 3 is 2.68 bits per heavy atom. The van der Waals surface area contributed by atoms with Crippen LogP contribution in [0.5, 0.6) is 5.75 Å². The zero-order valence-electron chi connectivity index (χ0n) is 10.2. The van der Waals surface area contributed by atoms with E-state index in [2.05, 4.69) is 4.98 Å². The lowest BCUT2D eigenvalue weighted by Gasteiger charge is -2.01. The van der Waals surface area contributed by atoms with Crippen LogP contribution in [0.4, 0.5) is 10.2 Å². The summed E-state index contributed by atoms with van der Waals surface area (Å²) in [6.45, 7) is 0. The Morgan fingerprint density at radius 2 is 2.05 bits per heavy atom. The van der Waals surface area contributed by atoms with Crippen LogP contribution in [-0.4, -0.2) is 16.7 Å². The highest BCUT2D eigenvalue weighted by atomic mass is 19.1. The molecular formula is C13H12FN3O2. The molecule has 0 aliphatic rings. The predicted molar refractivity (Wildman–Crippen MR) is 71.1 cm³/mol. The first-order valence-corrected chi connectivity index (χ1v) is 5.46. The summed E-state index contributed by atoms with van der Waals surface area (Å²) in [5.41, 5.74) is 5.39. The molecule has 0 amide bonds. The Balaban J connectivity index is 2.27. The molecule has 2 N–H and O–H groups in total. The molecule has 2 aromatic rings. The molecule has 0 unspecified atom stereocenters. The zero-order chi connectivity index (χ0) is 13.8. The van der Waals surface area contributed by atoms with Gasteiger partial charge in [-0.15, -0.1) is 0 Å². The summed E-state index contributed by atoms with van der Waals surface area (Å²) in [6.07, 6.45) is 4.06. The third kappa shape index (κ3) is 2.98. The van der Waals surface area contributed by atoms with Crippen LogP contribution in [0.2, 0.25) is 0 Å². The van der Waals surface area contributed by atoms with Gasteiger partial charge in [-0.25, -0.2) is 9.18 Å². The second kappa shape index (κ2) is 5.34. The maximum Gasteiger partial charge on any atom is 0.353 e. The standard InChI is InChI=1S/C13H12FN3O2/c1-19-10-4-2-9(3-5-10)6-7-17-8-11(14)12(15)16-13(17)18/h2-8H,1H3,(H2,15,16,18)/b7-6+. The SMILES string of the molecule is COc1ccc(/C=C/n2cc(F)c(N)nc2=O)cc1. The molecule has 5 nitrogen and oxygen atoms in total. The van der Waals surface area contributed by atoms with Crippen LogP contribution in [0.1, 0.15) is 5.56 Å². The summed E-state index contributed by atoms with van der Waals surface area (Å²) in [6, 6.07) is 7.18. The number of nitrogens with two attached hydrogens (primary N) is 1. The van der Waals surface area contributed by atoms with Gasteiger partial charge in [0.15, 0.2) is 11.6 Å². The topological polar surface area (TPSA) is 70.1 Å². The Hall–Kier alpha value is -2.63. The number of methoxy groups -OCH3 is 1. The molecule has 0 aliphatic carbocycles. The van der Waals surface area contributed by atoms with E-state index in [1.165, 1.54) is 6.20 Å². The fourth-order valence-corrected chi connectivity index (χ4v) is 1.45. The monoisotopic (exact) mass is 261 g/mol. The molecule has 0 aliphatic heterocycles. The Kier molecular flexibility index (Phi) is 3.61. The number of benzene rings is 1. The minimum absolute atomic E-state index is 0.404. The van der Waals surface area contributed by atoms with E-state index in [9.17, 15) is 9.18 Å². The Labute approximate surface area is 108 Å². The first-order chi connectivity index (χ1) is 9.10. The van der Waals surface area contributed by atoms with E-state index in [0.717, 1.165) is 22.1 Å². The summed E-state index contributed by atoms with van der Waals surface area (Å²) >= 11 is 0. The smallest absolute Gasteiger partial charge is 0.353 e. The van der Waals surface area contributed by atoms with Gasteiger partial charge in [0.05, 0.1) is 13.3 Å². The van der Waals surface area contributed by atoms with Crippen LogP contribution in [0.25, 0.3) is 12.3 Å². The molecule has 19 heavy (non-hydrogen) atoms. The highest BCUT2D eigenvalue weighted by molar-refractivity contribution is 5.61. The minimum atomic E-state index is -0.737. The predicted octanol–water partition coefficient (Wildman–Crippen LogP) is 1.60. The van der Waals surface area contributed by atoms with E-state index >= 15 is 0 Å². The minimum Gasteiger partial charge on any atom is -0.497 e. The highest BCUT2D eigenvalue weighted by Crippen LogP contribution is 2.12. The van der Waals surface area contributed by atoms with Gasteiger partial charge in [-0.3, -0.25) is 4.57 Å². The van der Waals surface area contributed by atoms with E-state index in [1.807, 2.05) is 12.1 Å². The quantitative estimate of drug-likeness (QED) is 0.911. The second-order valence-electron chi connectivity index (χ2n) is 3.75. The van der Waals surface area contributed by atoms with Crippen molar-refractivity contribution < 1.29 is 9.13 Å². The maximum atomic E-state index is 13.2. The van der Waals surface area contributed by atoms with Gasteiger partial charge in [-0.05, 0) is 23.8 Å². The first-order valence-electron chi connectivity index (χ1n) is 5.46. The van der Waals surface area contributed by atoms with Crippen LogP contribution < -0.4 is 16.2 Å². The van der Waals surface area contributed by atoms with E-state index in [0.29, 0.717) is 0 Å². The fourth-order valence-electron chi connectivity index (χ4n) is 1.45. The molecule has 0 spiro atoms. The van der Waals surface area contributed by atoms with Gasteiger partial charge in [-0.2, -0.15) is 4.98 Å². The number of nitrogens with zero attached hydrogens (tertiary/aromatic N) is 2. The van der Waals surface area contributed by atoms with Crippen molar-refractivity contribution in [1.29, 1.82) is 0 Å². The molecule has 1 aromatic heterocycles. The molecule has 0 saturated heterocycles. The van der Waals surface area contributed by atoms with Gasteiger partial charge in [0.2, 0.25) is 0 Å². The van der Waals surface area contributed by atoms with Crippen molar-refractivity contribution in [1.82, 2.24) is 9.55 Å². The lowest BCUT2D eigenvalue weighted by molar-refractivity contribution is 0.415. The molecule has 1 aromatic carbocycles. The van der Waals surface area contributed by atoms with E-state index < -0.39 is 17.3 Å². The normalized spacial score (nSPS) is 10.8. The molecule has 6 heteroatoms. The number of aromatic nitrogens is 2. The zero-order valence-corrected chi connectivity index (χ0v) is 10.2. The van der Waals surface area contributed by atoms with E-state index in [-0.39, 0.29) is 0 Å². The lowest BCUT2D eigenvalue weighted by atomic mass is 10.2. The molecule has 0 bridgehead atoms. The van der Waals surface area contributed by atoms with Crippen LogP contribution in [-0.2, 0) is 0 Å². The summed E-state index contributed by atoms with van der Waals surface area (Å²) in [7, 11) is 1.58. The van der Waals surface area contributed by atoms with Crippen LogP contribution in [0.3, 0.4) is 0 Å². The molecule has 0 saturated carbocycles. The van der Waals surface area contributed by atoms with E-state index in [4.69, 9.17) is 10.5 Å². The average molecular weight is 261 g/mol. The van der Waals surface area contributed by atoms with Crippen LogP contribution in [0, 0.1) is 5.82 Å². The molecule has 0 radical (unpaired) electrons. The summed E-state index contributed by atoms with van der Waals surface area (Å²) in [5.74, 6) is -0.410. The molecule has 1 heterocycles. The van der Waals surface area contributed by atoms with Crippen LogP contribution >= 0.6 is 0 Å². The van der Waals surface area contributed by atoms with Gasteiger partial charge < -0.3 is 10.5 Å². The van der Waals surface area contributed by atoms with Crippen molar-refractivity contribution in [2.24, 2.45) is 0 Å².